The molecule has 0 amide bonds. The van der Waals surface area contributed by atoms with E-state index in [1.807, 2.05) is 18.2 Å². The second-order valence-corrected chi connectivity index (χ2v) is 17.5. The zero-order valence-corrected chi connectivity index (χ0v) is 36.8. The van der Waals surface area contributed by atoms with Crippen LogP contribution in [0.15, 0.2) is 237 Å². The number of rotatable bonds is 6. The first-order valence-corrected chi connectivity index (χ1v) is 23.1. The van der Waals surface area contributed by atoms with Gasteiger partial charge in [-0.15, -0.1) is 0 Å². The van der Waals surface area contributed by atoms with E-state index in [4.69, 9.17) is 15.0 Å². The highest BCUT2D eigenvalue weighted by atomic mass is 15.0. The second kappa shape index (κ2) is 15.2. The van der Waals surface area contributed by atoms with Crippen molar-refractivity contribution in [1.29, 1.82) is 0 Å². The van der Waals surface area contributed by atoms with Crippen LogP contribution in [0.3, 0.4) is 0 Å². The van der Waals surface area contributed by atoms with Crippen LogP contribution in [0.4, 0.5) is 0 Å². The average Bonchev–Trinajstić information content (AvgIpc) is 3.94. The molecule has 68 heavy (non-hydrogen) atoms. The SMILES string of the molecule is c1ccc(-c2nc(-c3ccc4c5ccccc5c5cc(-c6ccc7c(c6)c6ccccc6n7-c6ccccc6)ccc5c4c3)nc(-c3cccc4c5ccccc5n(-c5ccccc5)c34)n2)cc1. The standard InChI is InChI=1S/C63H39N5/c1-4-17-40(18-5-1)61-64-62(66-63(65-61)53-28-16-27-52-50-25-12-15-30-58(50)68(60(52)53)45-21-8-3-9-22-45)43-32-35-48-46-23-10-11-24-47(46)54-37-41(31-34-49(54)55(48)39-43)42-33-36-59-56(38-42)51-26-13-14-29-57(51)67(59)44-19-6-2-7-20-44/h1-39H. The Morgan fingerprint density at radius 3 is 1.35 bits per heavy atom. The van der Waals surface area contributed by atoms with E-state index in [1.54, 1.807) is 0 Å². The van der Waals surface area contributed by atoms with Gasteiger partial charge in [0.25, 0.3) is 0 Å². The molecule has 0 aliphatic rings. The van der Waals surface area contributed by atoms with Gasteiger partial charge in [-0.1, -0.05) is 170 Å². The molecule has 0 aliphatic carbocycles. The van der Waals surface area contributed by atoms with Gasteiger partial charge < -0.3 is 9.13 Å². The number of benzene rings is 11. The maximum Gasteiger partial charge on any atom is 0.166 e. The Hall–Kier alpha value is -9.19. The Bertz CT molecular complexity index is 4300. The molecule has 0 saturated heterocycles. The Balaban J connectivity index is 0.965. The van der Waals surface area contributed by atoms with Crippen molar-refractivity contribution in [2.75, 3.05) is 0 Å². The minimum atomic E-state index is 0.621. The van der Waals surface area contributed by atoms with E-state index < -0.39 is 0 Å². The lowest BCUT2D eigenvalue weighted by atomic mass is 9.91. The summed E-state index contributed by atoms with van der Waals surface area (Å²) in [7, 11) is 0. The molecule has 0 aliphatic heterocycles. The van der Waals surface area contributed by atoms with Crippen LogP contribution in [-0.2, 0) is 0 Å². The van der Waals surface area contributed by atoms with Crippen LogP contribution in [0.25, 0.3) is 133 Å². The summed E-state index contributed by atoms with van der Waals surface area (Å²) >= 11 is 0. The number of nitrogens with zero attached hydrogens (tertiary/aromatic N) is 5. The van der Waals surface area contributed by atoms with E-state index in [0.29, 0.717) is 17.5 Å². The lowest BCUT2D eigenvalue weighted by Gasteiger charge is -2.14. The van der Waals surface area contributed by atoms with Gasteiger partial charge in [0.15, 0.2) is 17.5 Å². The first-order chi connectivity index (χ1) is 33.7. The largest absolute Gasteiger partial charge is 0.309 e. The highest BCUT2D eigenvalue weighted by Gasteiger charge is 2.21. The molecule has 5 nitrogen and oxygen atoms in total. The number of hydrogen-bond acceptors (Lipinski definition) is 3. The molecule has 0 fully saturated rings. The molecular weight excluding hydrogens is 827 g/mol. The first kappa shape index (κ1) is 38.1. The van der Waals surface area contributed by atoms with Crippen molar-refractivity contribution in [3.05, 3.63) is 237 Å². The Morgan fingerprint density at radius 2 is 0.662 bits per heavy atom. The molecule has 14 aromatic rings. The minimum Gasteiger partial charge on any atom is -0.309 e. The predicted molar refractivity (Wildman–Crippen MR) is 283 cm³/mol. The summed E-state index contributed by atoms with van der Waals surface area (Å²) in [5.41, 5.74) is 12.0. The Kier molecular flexibility index (Phi) is 8.52. The van der Waals surface area contributed by atoms with Gasteiger partial charge in [0, 0.05) is 49.6 Å². The van der Waals surface area contributed by atoms with E-state index in [-0.39, 0.29) is 0 Å². The number of hydrogen-bond donors (Lipinski definition) is 0. The summed E-state index contributed by atoms with van der Waals surface area (Å²) in [6.45, 7) is 0. The number of aromatic nitrogens is 5. The quantitative estimate of drug-likeness (QED) is 0.156. The number of fused-ring (bicyclic) bond motifs is 12. The van der Waals surface area contributed by atoms with Gasteiger partial charge in [-0.3, -0.25) is 0 Å². The third-order valence-electron chi connectivity index (χ3n) is 13.7. The number of para-hydroxylation sites is 5. The minimum absolute atomic E-state index is 0.621. The maximum atomic E-state index is 5.39. The summed E-state index contributed by atoms with van der Waals surface area (Å²) in [5, 5.41) is 12.0. The first-order valence-electron chi connectivity index (χ1n) is 23.1. The van der Waals surface area contributed by atoms with Crippen LogP contribution in [0.2, 0.25) is 0 Å². The fourth-order valence-electron chi connectivity index (χ4n) is 10.7. The molecule has 3 aromatic heterocycles. The van der Waals surface area contributed by atoms with E-state index in [0.717, 1.165) is 49.9 Å². The Morgan fingerprint density at radius 1 is 0.235 bits per heavy atom. The van der Waals surface area contributed by atoms with Gasteiger partial charge in [0.05, 0.1) is 22.1 Å². The second-order valence-electron chi connectivity index (χ2n) is 17.5. The van der Waals surface area contributed by atoms with Crippen molar-refractivity contribution in [3.8, 4) is 56.7 Å². The van der Waals surface area contributed by atoms with Crippen molar-refractivity contribution in [2.45, 2.75) is 0 Å². The molecule has 5 heteroatoms. The van der Waals surface area contributed by atoms with Crippen molar-refractivity contribution >= 4 is 75.9 Å². The smallest absolute Gasteiger partial charge is 0.166 e. The van der Waals surface area contributed by atoms with Crippen LogP contribution in [0.5, 0.6) is 0 Å². The van der Waals surface area contributed by atoms with E-state index in [2.05, 4.69) is 228 Å². The van der Waals surface area contributed by atoms with Crippen LogP contribution in [0.1, 0.15) is 0 Å². The predicted octanol–water partition coefficient (Wildman–Crippen LogP) is 16.2. The zero-order chi connectivity index (χ0) is 44.7. The molecule has 0 spiro atoms. The maximum absolute atomic E-state index is 5.39. The topological polar surface area (TPSA) is 48.5 Å². The van der Waals surface area contributed by atoms with Gasteiger partial charge in [-0.25, -0.2) is 15.0 Å². The monoisotopic (exact) mass is 865 g/mol. The Labute approximate surface area is 391 Å². The third-order valence-corrected chi connectivity index (χ3v) is 13.7. The lowest BCUT2D eigenvalue weighted by Crippen LogP contribution is -2.02. The summed E-state index contributed by atoms with van der Waals surface area (Å²) in [6.07, 6.45) is 0. The van der Waals surface area contributed by atoms with Crippen molar-refractivity contribution in [3.63, 3.8) is 0 Å². The molecule has 0 bridgehead atoms. The fourth-order valence-corrected chi connectivity index (χ4v) is 10.7. The van der Waals surface area contributed by atoms with Crippen molar-refractivity contribution in [1.82, 2.24) is 24.1 Å². The van der Waals surface area contributed by atoms with E-state index >= 15 is 0 Å². The molecule has 316 valence electrons. The highest BCUT2D eigenvalue weighted by Crippen LogP contribution is 2.42. The summed E-state index contributed by atoms with van der Waals surface area (Å²) in [6, 6.07) is 84.6. The third kappa shape index (κ3) is 5.93. The summed E-state index contributed by atoms with van der Waals surface area (Å²) in [5.74, 6) is 1.87. The van der Waals surface area contributed by atoms with Gasteiger partial charge in [-0.2, -0.15) is 0 Å². The van der Waals surface area contributed by atoms with Gasteiger partial charge in [0.2, 0.25) is 0 Å². The van der Waals surface area contributed by atoms with E-state index in [1.165, 1.54) is 65.3 Å². The fraction of sp³-hybridized carbons (Fsp3) is 0. The lowest BCUT2D eigenvalue weighted by molar-refractivity contribution is 1.07. The van der Waals surface area contributed by atoms with Crippen molar-refractivity contribution in [2.24, 2.45) is 0 Å². The van der Waals surface area contributed by atoms with Gasteiger partial charge >= 0.3 is 0 Å². The van der Waals surface area contributed by atoms with Crippen LogP contribution in [-0.4, -0.2) is 24.1 Å². The van der Waals surface area contributed by atoms with Gasteiger partial charge in [-0.05, 0) is 110 Å². The normalized spacial score (nSPS) is 11.8. The molecule has 0 saturated carbocycles. The molecule has 0 atom stereocenters. The molecule has 0 radical (unpaired) electrons. The molecule has 11 aromatic carbocycles. The highest BCUT2D eigenvalue weighted by molar-refractivity contribution is 6.26. The van der Waals surface area contributed by atoms with Crippen LogP contribution < -0.4 is 0 Å². The molecule has 14 rings (SSSR count). The molecule has 3 heterocycles. The molecule has 0 N–H and O–H groups in total. The van der Waals surface area contributed by atoms with Crippen LogP contribution in [0, 0.1) is 0 Å². The summed E-state index contributed by atoms with van der Waals surface area (Å²) < 4.78 is 4.71. The van der Waals surface area contributed by atoms with E-state index in [9.17, 15) is 0 Å². The summed E-state index contributed by atoms with van der Waals surface area (Å²) in [4.78, 5) is 15.9. The van der Waals surface area contributed by atoms with Crippen LogP contribution >= 0.6 is 0 Å². The van der Waals surface area contributed by atoms with Crippen molar-refractivity contribution < 1.29 is 0 Å². The zero-order valence-electron chi connectivity index (χ0n) is 36.8. The van der Waals surface area contributed by atoms with Gasteiger partial charge in [0.1, 0.15) is 0 Å². The average molecular weight is 866 g/mol. The molecule has 0 unspecified atom stereocenters. The molecular formula is C63H39N5.